The minimum atomic E-state index is -0.0200. The summed E-state index contributed by atoms with van der Waals surface area (Å²) < 4.78 is 0. The van der Waals surface area contributed by atoms with Crippen LogP contribution in [0.4, 0.5) is 0 Å². The van der Waals surface area contributed by atoms with E-state index in [-0.39, 0.29) is 5.54 Å². The lowest BCUT2D eigenvalue weighted by molar-refractivity contribution is 0.182. The van der Waals surface area contributed by atoms with Gasteiger partial charge in [0.25, 0.3) is 0 Å². The maximum absolute atomic E-state index is 6.60. The van der Waals surface area contributed by atoms with Gasteiger partial charge in [0, 0.05) is 16.8 Å². The molecule has 0 spiro atoms. The minimum Gasteiger partial charge on any atom is -0.325 e. The molecule has 2 unspecified atom stereocenters. The van der Waals surface area contributed by atoms with Crippen molar-refractivity contribution in [2.24, 2.45) is 17.6 Å². The van der Waals surface area contributed by atoms with E-state index < -0.39 is 0 Å². The molecule has 2 N–H and O–H groups in total. The van der Waals surface area contributed by atoms with Crippen LogP contribution in [-0.4, -0.2) is 10.5 Å². The van der Waals surface area contributed by atoms with Crippen molar-refractivity contribution < 1.29 is 0 Å². The van der Waals surface area contributed by atoms with Gasteiger partial charge in [-0.15, -0.1) is 11.3 Å². The second-order valence-electron chi connectivity index (χ2n) is 6.14. The van der Waals surface area contributed by atoms with Gasteiger partial charge in [0.15, 0.2) is 0 Å². The van der Waals surface area contributed by atoms with E-state index >= 15 is 0 Å². The van der Waals surface area contributed by atoms with Crippen molar-refractivity contribution in [2.45, 2.75) is 58.9 Å². The zero-order valence-corrected chi connectivity index (χ0v) is 12.2. The van der Waals surface area contributed by atoms with Gasteiger partial charge in [-0.2, -0.15) is 0 Å². The first-order valence-electron chi connectivity index (χ1n) is 6.60. The molecule has 0 aliphatic heterocycles. The molecule has 3 heteroatoms. The van der Waals surface area contributed by atoms with E-state index in [9.17, 15) is 0 Å². The molecule has 2 atom stereocenters. The summed E-state index contributed by atoms with van der Waals surface area (Å²) in [6.45, 7) is 8.89. The molecule has 0 saturated heterocycles. The summed E-state index contributed by atoms with van der Waals surface area (Å²) in [7, 11) is 0. The highest BCUT2D eigenvalue weighted by atomic mass is 32.1. The van der Waals surface area contributed by atoms with Gasteiger partial charge >= 0.3 is 0 Å². The number of aromatic nitrogens is 1. The number of nitrogens with zero attached hydrogens (tertiary/aromatic N) is 1. The van der Waals surface area contributed by atoms with Crippen LogP contribution < -0.4 is 5.73 Å². The molecule has 1 aromatic heterocycles. The van der Waals surface area contributed by atoms with Crippen molar-refractivity contribution in [3.63, 3.8) is 0 Å². The summed E-state index contributed by atoms with van der Waals surface area (Å²) in [6.07, 6.45) is 4.58. The second-order valence-corrected chi connectivity index (χ2v) is 7.43. The Kier molecular flexibility index (Phi) is 3.60. The van der Waals surface area contributed by atoms with E-state index in [0.29, 0.717) is 0 Å². The van der Waals surface area contributed by atoms with E-state index in [4.69, 9.17) is 5.73 Å². The maximum atomic E-state index is 6.60. The Morgan fingerprint density at radius 2 is 1.88 bits per heavy atom. The Balaban J connectivity index is 2.11. The average Bonchev–Trinajstić information content (AvgIpc) is 2.41. The number of nitrogens with two attached hydrogens (primary N) is 1. The van der Waals surface area contributed by atoms with Gasteiger partial charge in [-0.25, -0.2) is 4.98 Å². The fraction of sp³-hybridized carbons (Fsp3) is 0.786. The smallest absolute Gasteiger partial charge is 0.0949 e. The van der Waals surface area contributed by atoms with Crippen LogP contribution in [0, 0.1) is 25.7 Å². The average molecular weight is 252 g/mol. The molecule has 96 valence electrons. The SMILES string of the molecule is Cc1nc(CC2(N)CC(C)CC(C)C2)sc1C. The second kappa shape index (κ2) is 4.69. The molecule has 2 rings (SSSR count). The number of aryl methyl sites for hydroxylation is 2. The lowest BCUT2D eigenvalue weighted by Gasteiger charge is -2.39. The van der Waals surface area contributed by atoms with E-state index in [1.807, 2.05) is 11.3 Å². The highest BCUT2D eigenvalue weighted by molar-refractivity contribution is 7.11. The Bertz CT molecular complexity index is 367. The van der Waals surface area contributed by atoms with Gasteiger partial charge in [-0.3, -0.25) is 0 Å². The first-order chi connectivity index (χ1) is 7.88. The Morgan fingerprint density at radius 1 is 1.29 bits per heavy atom. The van der Waals surface area contributed by atoms with Crippen molar-refractivity contribution in [1.29, 1.82) is 0 Å². The lowest BCUT2D eigenvalue weighted by atomic mass is 9.71. The van der Waals surface area contributed by atoms with Crippen molar-refractivity contribution >= 4 is 11.3 Å². The minimum absolute atomic E-state index is 0.0200. The summed E-state index contributed by atoms with van der Waals surface area (Å²) in [4.78, 5) is 5.97. The molecule has 1 aromatic rings. The number of hydrogen-bond acceptors (Lipinski definition) is 3. The monoisotopic (exact) mass is 252 g/mol. The first kappa shape index (κ1) is 13.0. The van der Waals surface area contributed by atoms with Gasteiger partial charge in [0.05, 0.1) is 10.7 Å². The third kappa shape index (κ3) is 3.08. The van der Waals surface area contributed by atoms with Crippen LogP contribution in [0.3, 0.4) is 0 Å². The van der Waals surface area contributed by atoms with E-state index in [2.05, 4.69) is 32.7 Å². The van der Waals surface area contributed by atoms with Crippen molar-refractivity contribution in [1.82, 2.24) is 4.98 Å². The molecule has 0 aromatic carbocycles. The zero-order valence-electron chi connectivity index (χ0n) is 11.4. The fourth-order valence-electron chi connectivity index (χ4n) is 3.39. The highest BCUT2D eigenvalue weighted by Crippen LogP contribution is 2.37. The third-order valence-corrected chi connectivity index (χ3v) is 4.96. The molecule has 0 radical (unpaired) electrons. The third-order valence-electron chi connectivity index (χ3n) is 3.89. The normalized spacial score (nSPS) is 33.9. The van der Waals surface area contributed by atoms with E-state index in [1.54, 1.807) is 0 Å². The van der Waals surface area contributed by atoms with Gasteiger partial charge in [0.2, 0.25) is 0 Å². The first-order valence-corrected chi connectivity index (χ1v) is 7.41. The Morgan fingerprint density at radius 3 is 2.35 bits per heavy atom. The molecule has 1 saturated carbocycles. The molecule has 2 nitrogen and oxygen atoms in total. The van der Waals surface area contributed by atoms with Crippen LogP contribution >= 0.6 is 11.3 Å². The van der Waals surface area contributed by atoms with Gasteiger partial charge in [-0.05, 0) is 44.9 Å². The quantitative estimate of drug-likeness (QED) is 0.875. The highest BCUT2D eigenvalue weighted by Gasteiger charge is 2.35. The van der Waals surface area contributed by atoms with Gasteiger partial charge in [0.1, 0.15) is 0 Å². The van der Waals surface area contributed by atoms with Gasteiger partial charge < -0.3 is 5.73 Å². The molecule has 0 amide bonds. The predicted octanol–water partition coefficient (Wildman–Crippen LogP) is 3.46. The summed E-state index contributed by atoms with van der Waals surface area (Å²) in [5.41, 5.74) is 7.75. The summed E-state index contributed by atoms with van der Waals surface area (Å²) in [5.74, 6) is 1.51. The maximum Gasteiger partial charge on any atom is 0.0949 e. The van der Waals surface area contributed by atoms with Gasteiger partial charge in [-0.1, -0.05) is 13.8 Å². The molecule has 0 bridgehead atoms. The topological polar surface area (TPSA) is 38.9 Å². The van der Waals surface area contributed by atoms with E-state index in [0.717, 1.165) is 31.1 Å². The molecule has 17 heavy (non-hydrogen) atoms. The van der Waals surface area contributed by atoms with Crippen LogP contribution in [0.2, 0.25) is 0 Å². The summed E-state index contributed by atoms with van der Waals surface area (Å²) in [5, 5.41) is 1.23. The van der Waals surface area contributed by atoms with Crippen LogP contribution in [0.15, 0.2) is 0 Å². The molecular formula is C14H24N2S. The lowest BCUT2D eigenvalue weighted by Crippen LogP contribution is -2.48. The number of hydrogen-bond donors (Lipinski definition) is 1. The fourth-order valence-corrected chi connectivity index (χ4v) is 4.47. The Labute approximate surface area is 109 Å². The van der Waals surface area contributed by atoms with Crippen molar-refractivity contribution in [3.05, 3.63) is 15.6 Å². The van der Waals surface area contributed by atoms with Crippen molar-refractivity contribution in [3.8, 4) is 0 Å². The molecule has 1 heterocycles. The van der Waals surface area contributed by atoms with Crippen LogP contribution in [-0.2, 0) is 6.42 Å². The van der Waals surface area contributed by atoms with Crippen LogP contribution in [0.1, 0.15) is 48.7 Å². The predicted molar refractivity (Wildman–Crippen MR) is 74.4 cm³/mol. The Hall–Kier alpha value is -0.410. The zero-order chi connectivity index (χ0) is 12.6. The summed E-state index contributed by atoms with van der Waals surface area (Å²) >= 11 is 1.82. The summed E-state index contributed by atoms with van der Waals surface area (Å²) in [6, 6.07) is 0. The van der Waals surface area contributed by atoms with Crippen LogP contribution in [0.5, 0.6) is 0 Å². The molecule has 1 fully saturated rings. The number of rotatable bonds is 2. The number of thiazole rings is 1. The molecular weight excluding hydrogens is 228 g/mol. The van der Waals surface area contributed by atoms with E-state index in [1.165, 1.54) is 22.0 Å². The van der Waals surface area contributed by atoms with Crippen molar-refractivity contribution in [2.75, 3.05) is 0 Å². The largest absolute Gasteiger partial charge is 0.325 e. The standard InChI is InChI=1S/C14H24N2S/c1-9-5-10(2)7-14(15,6-9)8-13-16-11(3)12(4)17-13/h9-10H,5-8,15H2,1-4H3. The van der Waals surface area contributed by atoms with Crippen LogP contribution in [0.25, 0.3) is 0 Å². The molecule has 1 aliphatic rings. The molecule has 1 aliphatic carbocycles.